The maximum atomic E-state index is 12.7. The molecule has 2 aliphatic rings. The second-order valence-electron chi connectivity index (χ2n) is 10.2. The molecule has 0 aliphatic carbocycles. The van der Waals surface area contributed by atoms with Crippen molar-refractivity contribution in [2.45, 2.75) is 32.2 Å². The summed E-state index contributed by atoms with van der Waals surface area (Å²) >= 11 is 0. The van der Waals surface area contributed by atoms with Crippen LogP contribution in [-0.4, -0.2) is 61.5 Å². The number of hydrogen-bond acceptors (Lipinski definition) is 5. The molecule has 198 valence electrons. The Labute approximate surface area is 226 Å². The van der Waals surface area contributed by atoms with Gasteiger partial charge in [0, 0.05) is 38.3 Å². The molecule has 0 aromatic heterocycles. The predicted molar refractivity (Wildman–Crippen MR) is 153 cm³/mol. The van der Waals surface area contributed by atoms with E-state index >= 15 is 0 Å². The van der Waals surface area contributed by atoms with Crippen molar-refractivity contribution in [1.82, 2.24) is 9.80 Å². The van der Waals surface area contributed by atoms with Crippen LogP contribution in [0.1, 0.15) is 47.2 Å². The molecule has 2 aliphatic heterocycles. The zero-order valence-corrected chi connectivity index (χ0v) is 22.2. The Hall–Kier alpha value is -3.41. The number of benzene rings is 3. The van der Waals surface area contributed by atoms with Gasteiger partial charge in [-0.15, -0.1) is 0 Å². The molecule has 0 saturated carbocycles. The maximum Gasteiger partial charge on any atom is 0.196 e. The molecule has 0 spiro atoms. The molecule has 0 bridgehead atoms. The van der Waals surface area contributed by atoms with Crippen LogP contribution in [0.3, 0.4) is 0 Å². The molecule has 3 aromatic rings. The third-order valence-electron chi connectivity index (χ3n) is 7.38. The van der Waals surface area contributed by atoms with Gasteiger partial charge in [-0.25, -0.2) is 0 Å². The monoisotopic (exact) mass is 510 g/mol. The fraction of sp³-hybridized carbons (Fsp3) is 0.364. The van der Waals surface area contributed by atoms with Crippen LogP contribution in [0.4, 0.5) is 0 Å². The van der Waals surface area contributed by atoms with E-state index in [9.17, 15) is 4.79 Å². The van der Waals surface area contributed by atoms with Gasteiger partial charge in [-0.2, -0.15) is 0 Å². The van der Waals surface area contributed by atoms with Gasteiger partial charge in [0.25, 0.3) is 0 Å². The van der Waals surface area contributed by atoms with E-state index in [0.29, 0.717) is 23.5 Å². The molecule has 5 nitrogen and oxygen atoms in total. The zero-order valence-electron chi connectivity index (χ0n) is 22.2. The second kappa shape index (κ2) is 13.4. The van der Waals surface area contributed by atoms with Crippen LogP contribution in [0, 0.1) is 0 Å². The smallest absolute Gasteiger partial charge is 0.196 e. The van der Waals surface area contributed by atoms with E-state index in [4.69, 9.17) is 9.47 Å². The van der Waals surface area contributed by atoms with Crippen LogP contribution in [0.15, 0.2) is 84.4 Å². The quantitative estimate of drug-likeness (QED) is 0.230. The van der Waals surface area contributed by atoms with E-state index in [1.807, 2.05) is 54.6 Å². The van der Waals surface area contributed by atoms with Gasteiger partial charge in [0.05, 0.1) is 12.2 Å². The minimum absolute atomic E-state index is 0.0393. The lowest BCUT2D eigenvalue weighted by molar-refractivity contribution is 0.100. The van der Waals surface area contributed by atoms with E-state index in [-0.39, 0.29) is 5.78 Å². The van der Waals surface area contributed by atoms with E-state index in [1.54, 1.807) is 0 Å². The highest BCUT2D eigenvalue weighted by Gasteiger charge is 2.22. The third kappa shape index (κ3) is 7.33. The number of carbonyl (C=O) groups is 1. The van der Waals surface area contributed by atoms with Crippen LogP contribution in [-0.2, 0) is 6.54 Å². The average Bonchev–Trinajstić information content (AvgIpc) is 2.96. The molecular weight excluding hydrogens is 472 g/mol. The van der Waals surface area contributed by atoms with E-state index < -0.39 is 0 Å². The van der Waals surface area contributed by atoms with E-state index in [1.165, 1.54) is 44.5 Å². The number of unbranched alkanes of at least 4 members (excludes halogenated alkanes) is 3. The molecule has 3 aromatic carbocycles. The number of piperazine rings is 1. The standard InChI is InChI=1S/C33H38N2O3/c36-33-29(26-38-32-13-7-6-12-31(32)33)24-27-14-16-30(17-15-27)37-23-9-2-1-8-18-34-19-21-35(22-20-34)25-28-10-4-3-5-11-28/h3-7,10-17,24H,1-2,8-9,18-23,25-26H2/b29-24+. The lowest BCUT2D eigenvalue weighted by atomic mass is 9.98. The highest BCUT2D eigenvalue weighted by molar-refractivity contribution is 6.14. The van der Waals surface area contributed by atoms with Crippen LogP contribution in [0.25, 0.3) is 6.08 Å². The lowest BCUT2D eigenvalue weighted by Crippen LogP contribution is -2.46. The fourth-order valence-electron chi connectivity index (χ4n) is 5.14. The highest BCUT2D eigenvalue weighted by Crippen LogP contribution is 2.28. The van der Waals surface area contributed by atoms with E-state index in [2.05, 4.69) is 40.1 Å². The minimum Gasteiger partial charge on any atom is -0.494 e. The van der Waals surface area contributed by atoms with Gasteiger partial charge in [0.15, 0.2) is 5.78 Å². The first-order valence-electron chi connectivity index (χ1n) is 13.9. The summed E-state index contributed by atoms with van der Waals surface area (Å²) in [5.74, 6) is 1.57. The number of fused-ring (bicyclic) bond motifs is 1. The van der Waals surface area contributed by atoms with Crippen LogP contribution in [0.2, 0.25) is 0 Å². The first-order valence-corrected chi connectivity index (χ1v) is 13.9. The minimum atomic E-state index is 0.0393. The van der Waals surface area contributed by atoms with Crippen LogP contribution >= 0.6 is 0 Å². The first-order chi connectivity index (χ1) is 18.7. The molecule has 0 unspecified atom stereocenters. The maximum absolute atomic E-state index is 12.7. The van der Waals surface area contributed by atoms with E-state index in [0.717, 1.165) is 44.0 Å². The summed E-state index contributed by atoms with van der Waals surface area (Å²) in [6.45, 7) is 8.00. The summed E-state index contributed by atoms with van der Waals surface area (Å²) in [4.78, 5) is 17.9. The number of para-hydroxylation sites is 1. The number of nitrogens with zero attached hydrogens (tertiary/aromatic N) is 2. The molecule has 0 atom stereocenters. The molecule has 0 N–H and O–H groups in total. The second-order valence-corrected chi connectivity index (χ2v) is 10.2. The molecule has 2 heterocycles. The normalized spacial score (nSPS) is 17.3. The van der Waals surface area contributed by atoms with Gasteiger partial charge in [0.2, 0.25) is 0 Å². The Bertz CT molecular complexity index is 1200. The van der Waals surface area contributed by atoms with Gasteiger partial charge in [-0.3, -0.25) is 9.69 Å². The van der Waals surface area contributed by atoms with Gasteiger partial charge in [-0.05, 0) is 60.9 Å². The van der Waals surface area contributed by atoms with Crippen molar-refractivity contribution < 1.29 is 14.3 Å². The largest absolute Gasteiger partial charge is 0.494 e. The number of ether oxygens (including phenoxy) is 2. The summed E-state index contributed by atoms with van der Waals surface area (Å²) in [5, 5.41) is 0. The Morgan fingerprint density at radius 2 is 1.47 bits per heavy atom. The van der Waals surface area contributed by atoms with Crippen molar-refractivity contribution in [3.05, 3.63) is 101 Å². The van der Waals surface area contributed by atoms with Gasteiger partial charge in [0.1, 0.15) is 18.1 Å². The molecule has 0 amide bonds. The summed E-state index contributed by atoms with van der Waals surface area (Å²) in [5.41, 5.74) is 3.69. The van der Waals surface area contributed by atoms with Crippen molar-refractivity contribution >= 4 is 11.9 Å². The van der Waals surface area contributed by atoms with Crippen LogP contribution < -0.4 is 9.47 Å². The average molecular weight is 511 g/mol. The van der Waals surface area contributed by atoms with Gasteiger partial charge in [-0.1, -0.05) is 67.4 Å². The molecular formula is C33H38N2O3. The number of rotatable bonds is 11. The van der Waals surface area contributed by atoms with Crippen molar-refractivity contribution in [3.63, 3.8) is 0 Å². The summed E-state index contributed by atoms with van der Waals surface area (Å²) in [7, 11) is 0. The molecule has 1 fully saturated rings. The fourth-order valence-corrected chi connectivity index (χ4v) is 5.14. The molecule has 0 radical (unpaired) electrons. The van der Waals surface area contributed by atoms with Gasteiger partial charge < -0.3 is 14.4 Å². The molecule has 1 saturated heterocycles. The Balaban J connectivity index is 0.941. The summed E-state index contributed by atoms with van der Waals surface area (Å²) in [6.07, 6.45) is 6.68. The molecule has 5 rings (SSSR count). The van der Waals surface area contributed by atoms with Crippen molar-refractivity contribution in [1.29, 1.82) is 0 Å². The summed E-state index contributed by atoms with van der Waals surface area (Å²) < 4.78 is 11.7. The van der Waals surface area contributed by atoms with Crippen molar-refractivity contribution in [2.75, 3.05) is 45.9 Å². The topological polar surface area (TPSA) is 42.0 Å². The number of Topliss-reactive ketones (excluding diaryl/α,β-unsaturated/α-hetero) is 1. The molecule has 5 heteroatoms. The van der Waals surface area contributed by atoms with Gasteiger partial charge >= 0.3 is 0 Å². The Morgan fingerprint density at radius 3 is 2.29 bits per heavy atom. The first kappa shape index (κ1) is 26.2. The lowest BCUT2D eigenvalue weighted by Gasteiger charge is -2.34. The summed E-state index contributed by atoms with van der Waals surface area (Å²) in [6, 6.07) is 26.1. The Morgan fingerprint density at radius 1 is 0.763 bits per heavy atom. The predicted octanol–water partition coefficient (Wildman–Crippen LogP) is 6.10. The zero-order chi connectivity index (χ0) is 26.0. The molecule has 38 heavy (non-hydrogen) atoms. The van der Waals surface area contributed by atoms with Crippen LogP contribution in [0.5, 0.6) is 11.5 Å². The van der Waals surface area contributed by atoms with Crippen molar-refractivity contribution in [2.24, 2.45) is 0 Å². The Kier molecular flexibility index (Phi) is 9.24. The number of hydrogen-bond donors (Lipinski definition) is 0. The number of carbonyl (C=O) groups excluding carboxylic acids is 1. The highest BCUT2D eigenvalue weighted by atomic mass is 16.5. The SMILES string of the molecule is O=C1/C(=C/c2ccc(OCCCCCCN3CCN(Cc4ccccc4)CC3)cc2)COc2ccccc21. The van der Waals surface area contributed by atoms with Crippen molar-refractivity contribution in [3.8, 4) is 11.5 Å². The third-order valence-corrected chi connectivity index (χ3v) is 7.38. The number of ketones is 1.